The van der Waals surface area contributed by atoms with Crippen LogP contribution in [0.2, 0.25) is 0 Å². The van der Waals surface area contributed by atoms with Crippen molar-refractivity contribution in [1.82, 2.24) is 9.62 Å². The van der Waals surface area contributed by atoms with E-state index in [0.29, 0.717) is 0 Å². The quantitative estimate of drug-likeness (QED) is 0.584. The molecular formula is C22H35FN2O5S2. The lowest BCUT2D eigenvalue weighted by Gasteiger charge is -2.46. The summed E-state index contributed by atoms with van der Waals surface area (Å²) in [7, 11) is -4.35. The molecule has 0 saturated carbocycles. The van der Waals surface area contributed by atoms with Crippen LogP contribution >= 0.6 is 0 Å². The van der Waals surface area contributed by atoms with E-state index in [9.17, 15) is 22.9 Å². The zero-order valence-electron chi connectivity index (χ0n) is 19.5. The van der Waals surface area contributed by atoms with Gasteiger partial charge in [0.2, 0.25) is 15.3 Å². The number of benzene rings is 1. The van der Waals surface area contributed by atoms with E-state index < -0.39 is 61.0 Å². The second-order valence-corrected chi connectivity index (χ2v) is 14.4. The number of carbonyl (C=O) groups is 1. The Hall–Kier alpha value is -1.36. The summed E-state index contributed by atoms with van der Waals surface area (Å²) >= 11 is -1.72. The number of hydrogen-bond donors (Lipinski definition) is 2. The number of hydrogen-bond acceptors (Lipinski definition) is 5. The maximum Gasteiger partial charge on any atom is 0.407 e. The number of alkyl halides is 1. The summed E-state index contributed by atoms with van der Waals surface area (Å²) in [4.78, 5) is 13.0. The molecule has 1 aromatic rings. The highest BCUT2D eigenvalue weighted by molar-refractivity contribution is 7.92. The normalized spacial score (nSPS) is 23.4. The predicted octanol–water partition coefficient (Wildman–Crippen LogP) is 3.98. The Kier molecular flexibility index (Phi) is 8.29. The van der Waals surface area contributed by atoms with Crippen molar-refractivity contribution in [3.63, 3.8) is 0 Å². The van der Waals surface area contributed by atoms with Gasteiger partial charge in [0, 0.05) is 23.9 Å². The first kappa shape index (κ1) is 26.9. The van der Waals surface area contributed by atoms with E-state index in [1.54, 1.807) is 26.8 Å². The molecule has 1 saturated heterocycles. The van der Waals surface area contributed by atoms with Crippen LogP contribution in [0.15, 0.2) is 35.2 Å². The van der Waals surface area contributed by atoms with Gasteiger partial charge in [-0.1, -0.05) is 39.0 Å². The van der Waals surface area contributed by atoms with Crippen LogP contribution in [0.25, 0.3) is 0 Å². The molecule has 2 N–H and O–H groups in total. The fourth-order valence-corrected chi connectivity index (χ4v) is 6.44. The molecule has 1 amide bonds. The molecule has 0 bridgehead atoms. The van der Waals surface area contributed by atoms with Gasteiger partial charge in [0.15, 0.2) is 0 Å². The molecule has 10 heteroatoms. The monoisotopic (exact) mass is 490 g/mol. The summed E-state index contributed by atoms with van der Waals surface area (Å²) in [6.07, 6.45) is -0.526. The summed E-state index contributed by atoms with van der Waals surface area (Å²) in [6.45, 7) is 11.0. The third-order valence-corrected chi connectivity index (χ3v) is 9.26. The molecule has 32 heavy (non-hydrogen) atoms. The van der Waals surface area contributed by atoms with Crippen LogP contribution < -0.4 is 4.72 Å². The lowest BCUT2D eigenvalue weighted by Crippen LogP contribution is -2.58. The minimum atomic E-state index is -4.35. The Morgan fingerprint density at radius 3 is 2.25 bits per heavy atom. The summed E-state index contributed by atoms with van der Waals surface area (Å²) in [6, 6.07) is 5.69. The fourth-order valence-electron chi connectivity index (χ4n) is 3.97. The van der Waals surface area contributed by atoms with Gasteiger partial charge in [0.1, 0.15) is 10.8 Å². The number of halogens is 1. The van der Waals surface area contributed by atoms with Crippen LogP contribution in [0.4, 0.5) is 9.18 Å². The lowest BCUT2D eigenvalue weighted by atomic mass is 9.75. The topological polar surface area (TPSA) is 110 Å². The highest BCUT2D eigenvalue weighted by Gasteiger charge is 2.48. The predicted molar refractivity (Wildman–Crippen MR) is 124 cm³/mol. The standard InChI is InChI=1S/C22H35FN2O5S2/c1-21(2,3)17-14-15(12-13-25(17)20(26)27)18(24-31(28)22(4,5)6)19(23)32(29,30)16-10-8-7-9-11-16/h7-11,15,17-19,24H,12-14H2,1-6H3,(H,26,27)/t15-,17-,18+,19-,31-/m0/s1. The molecule has 7 nitrogen and oxygen atoms in total. The number of likely N-dealkylation sites (tertiary alicyclic amines) is 1. The number of carboxylic acid groups (broad SMARTS) is 1. The second-order valence-electron chi connectivity index (χ2n) is 10.4. The van der Waals surface area contributed by atoms with E-state index in [2.05, 4.69) is 4.72 Å². The number of nitrogens with one attached hydrogen (secondary N) is 1. The summed E-state index contributed by atoms with van der Waals surface area (Å²) in [5, 5.41) is 9.63. The fraction of sp³-hybridized carbons (Fsp3) is 0.682. The van der Waals surface area contributed by atoms with Crippen molar-refractivity contribution in [2.75, 3.05) is 6.54 Å². The maximum absolute atomic E-state index is 15.8. The van der Waals surface area contributed by atoms with Crippen molar-refractivity contribution in [3.8, 4) is 0 Å². The van der Waals surface area contributed by atoms with Crippen molar-refractivity contribution < 1.29 is 27.3 Å². The number of rotatable bonds is 6. The van der Waals surface area contributed by atoms with Gasteiger partial charge in [-0.3, -0.25) is 0 Å². The molecule has 5 atom stereocenters. The molecule has 0 unspecified atom stereocenters. The molecule has 1 aliphatic rings. The van der Waals surface area contributed by atoms with Crippen LogP contribution in [0, 0.1) is 11.3 Å². The number of sulfone groups is 1. The van der Waals surface area contributed by atoms with Crippen LogP contribution in [0.5, 0.6) is 0 Å². The molecule has 1 aliphatic heterocycles. The van der Waals surface area contributed by atoms with Gasteiger partial charge < -0.3 is 14.6 Å². The summed E-state index contributed by atoms with van der Waals surface area (Å²) in [5.41, 5.74) is -2.77. The van der Waals surface area contributed by atoms with Crippen LogP contribution in [0.3, 0.4) is 0 Å². The first-order chi connectivity index (χ1) is 14.6. The third kappa shape index (κ3) is 6.15. The number of nitrogens with zero attached hydrogens (tertiary/aromatic N) is 1. The molecule has 182 valence electrons. The molecule has 0 aromatic heterocycles. The number of piperidine rings is 1. The minimum absolute atomic E-state index is 0.142. The highest BCUT2D eigenvalue weighted by Crippen LogP contribution is 2.38. The molecule has 0 aliphatic carbocycles. The van der Waals surface area contributed by atoms with Gasteiger partial charge in [0.25, 0.3) is 0 Å². The smallest absolute Gasteiger partial charge is 0.407 e. The maximum atomic E-state index is 15.8. The van der Waals surface area contributed by atoms with Gasteiger partial charge in [0.05, 0.1) is 4.90 Å². The first-order valence-electron chi connectivity index (χ1n) is 10.7. The third-order valence-electron chi connectivity index (χ3n) is 5.85. The Labute approximate surface area is 194 Å². The highest BCUT2D eigenvalue weighted by atomic mass is 32.2. The first-order valence-corrected chi connectivity index (χ1v) is 13.4. The van der Waals surface area contributed by atoms with Gasteiger partial charge in [-0.25, -0.2) is 17.6 Å². The average molecular weight is 491 g/mol. The Bertz CT molecular complexity index is 884. The minimum Gasteiger partial charge on any atom is -0.598 e. The molecule has 2 rings (SSSR count). The second kappa shape index (κ2) is 9.87. The number of amides is 1. The summed E-state index contributed by atoms with van der Waals surface area (Å²) in [5.74, 6) is -0.519. The largest absolute Gasteiger partial charge is 0.598 e. The van der Waals surface area contributed by atoms with Crippen LogP contribution in [-0.4, -0.2) is 57.9 Å². The van der Waals surface area contributed by atoms with Crippen molar-refractivity contribution in [2.24, 2.45) is 11.3 Å². The van der Waals surface area contributed by atoms with E-state index in [-0.39, 0.29) is 24.3 Å². The Balaban J connectivity index is 2.44. The molecule has 0 spiro atoms. The zero-order valence-corrected chi connectivity index (χ0v) is 21.2. The van der Waals surface area contributed by atoms with E-state index in [1.807, 2.05) is 20.8 Å². The molecular weight excluding hydrogens is 455 g/mol. The van der Waals surface area contributed by atoms with Gasteiger partial charge in [-0.2, -0.15) is 0 Å². The summed E-state index contributed by atoms with van der Waals surface area (Å²) < 4.78 is 56.9. The average Bonchev–Trinajstić information content (AvgIpc) is 2.70. The molecule has 1 fully saturated rings. The van der Waals surface area contributed by atoms with Crippen molar-refractivity contribution in [1.29, 1.82) is 0 Å². The SMILES string of the molecule is CC(C)(C)[C@@H]1C[C@@H]([C@@H](N[S@@+]([O-])C(C)(C)C)[C@@H](F)S(=O)(=O)c2ccccc2)CCN1C(=O)O. The zero-order chi connectivity index (χ0) is 24.5. The van der Waals surface area contributed by atoms with E-state index >= 15 is 4.39 Å². The molecule has 1 heterocycles. The van der Waals surface area contributed by atoms with Gasteiger partial charge >= 0.3 is 6.09 Å². The van der Waals surface area contributed by atoms with Gasteiger partial charge in [-0.05, 0) is 57.1 Å². The van der Waals surface area contributed by atoms with Crippen molar-refractivity contribution >= 4 is 27.3 Å². The Morgan fingerprint density at radius 1 is 1.22 bits per heavy atom. The van der Waals surface area contributed by atoms with E-state index in [0.717, 1.165) is 0 Å². The molecule has 1 aromatic carbocycles. The van der Waals surface area contributed by atoms with Crippen LogP contribution in [-0.2, 0) is 21.2 Å². The lowest BCUT2D eigenvalue weighted by molar-refractivity contribution is 0.0305. The van der Waals surface area contributed by atoms with Crippen molar-refractivity contribution in [3.05, 3.63) is 30.3 Å². The Morgan fingerprint density at radius 2 is 1.78 bits per heavy atom. The van der Waals surface area contributed by atoms with E-state index in [4.69, 9.17) is 0 Å². The van der Waals surface area contributed by atoms with Crippen molar-refractivity contribution in [2.45, 2.75) is 81.6 Å². The molecule has 0 radical (unpaired) electrons. The van der Waals surface area contributed by atoms with Gasteiger partial charge in [-0.15, -0.1) is 4.72 Å². The van der Waals surface area contributed by atoms with Crippen LogP contribution in [0.1, 0.15) is 54.4 Å². The van der Waals surface area contributed by atoms with E-state index in [1.165, 1.54) is 29.2 Å².